The minimum Gasteiger partial charge on any atom is -0.493 e. The summed E-state index contributed by atoms with van der Waals surface area (Å²) in [7, 11) is 0. The summed E-state index contributed by atoms with van der Waals surface area (Å²) in [5, 5.41) is 1.54. The number of halogens is 1. The summed E-state index contributed by atoms with van der Waals surface area (Å²) >= 11 is 5.96. The maximum Gasteiger partial charge on any atom is 0.339 e. The standard InChI is InChI=1S/C24H27ClN2O4/c1-2-29-22-16-24(28)31-23-15-20(7-8-21(22)23)30-14-13-26-9-11-27(12-10-26)17-18-3-5-19(25)6-4-18/h3-8,15-16H,2,9-14,17H2,1H3. The summed E-state index contributed by atoms with van der Waals surface area (Å²) in [5.74, 6) is 1.22. The lowest BCUT2D eigenvalue weighted by atomic mass is 10.2. The number of ether oxygens (including phenoxy) is 2. The number of nitrogens with zero attached hydrogens (tertiary/aromatic N) is 2. The normalized spacial score (nSPS) is 15.3. The van der Waals surface area contributed by atoms with Gasteiger partial charge in [0.25, 0.3) is 0 Å². The van der Waals surface area contributed by atoms with Gasteiger partial charge in [0, 0.05) is 50.4 Å². The lowest BCUT2D eigenvalue weighted by Gasteiger charge is -2.34. The molecule has 3 aromatic rings. The molecule has 2 aromatic carbocycles. The van der Waals surface area contributed by atoms with E-state index in [-0.39, 0.29) is 0 Å². The van der Waals surface area contributed by atoms with Crippen LogP contribution in [0.5, 0.6) is 11.5 Å². The van der Waals surface area contributed by atoms with E-state index >= 15 is 0 Å². The van der Waals surface area contributed by atoms with Gasteiger partial charge in [-0.2, -0.15) is 0 Å². The third-order valence-corrected chi connectivity index (χ3v) is 5.69. The van der Waals surface area contributed by atoms with Crippen LogP contribution in [0.3, 0.4) is 0 Å². The third kappa shape index (κ3) is 5.79. The first-order valence-corrected chi connectivity index (χ1v) is 11.0. The minimum atomic E-state index is -0.426. The van der Waals surface area contributed by atoms with Crippen molar-refractivity contribution >= 4 is 22.6 Å². The highest BCUT2D eigenvalue weighted by atomic mass is 35.5. The second-order valence-electron chi connectivity index (χ2n) is 7.61. The number of benzene rings is 2. The quantitative estimate of drug-likeness (QED) is 0.491. The van der Waals surface area contributed by atoms with E-state index in [0.29, 0.717) is 30.3 Å². The molecule has 4 rings (SSSR count). The molecular formula is C24H27ClN2O4. The molecule has 2 heterocycles. The van der Waals surface area contributed by atoms with E-state index in [1.54, 1.807) is 6.07 Å². The highest BCUT2D eigenvalue weighted by Gasteiger charge is 2.17. The fourth-order valence-electron chi connectivity index (χ4n) is 3.79. The second kappa shape index (κ2) is 10.2. The van der Waals surface area contributed by atoms with E-state index in [4.69, 9.17) is 25.5 Å². The largest absolute Gasteiger partial charge is 0.493 e. The molecule has 1 aliphatic heterocycles. The Morgan fingerprint density at radius 2 is 1.71 bits per heavy atom. The van der Waals surface area contributed by atoms with Crippen LogP contribution in [-0.4, -0.2) is 55.7 Å². The summed E-state index contributed by atoms with van der Waals surface area (Å²) in [5.41, 5.74) is 1.34. The number of rotatable bonds is 8. The first kappa shape index (κ1) is 21.7. The van der Waals surface area contributed by atoms with Crippen molar-refractivity contribution in [3.8, 4) is 11.5 Å². The molecule has 1 aliphatic rings. The van der Waals surface area contributed by atoms with Crippen molar-refractivity contribution in [1.29, 1.82) is 0 Å². The summed E-state index contributed by atoms with van der Waals surface area (Å²) in [6, 6.07) is 14.9. The van der Waals surface area contributed by atoms with Crippen molar-refractivity contribution in [2.75, 3.05) is 45.9 Å². The van der Waals surface area contributed by atoms with Crippen LogP contribution in [0.2, 0.25) is 5.02 Å². The minimum absolute atomic E-state index is 0.426. The highest BCUT2D eigenvalue weighted by Crippen LogP contribution is 2.27. The average Bonchev–Trinajstić information content (AvgIpc) is 2.76. The van der Waals surface area contributed by atoms with Crippen LogP contribution in [-0.2, 0) is 6.54 Å². The molecule has 164 valence electrons. The summed E-state index contributed by atoms with van der Waals surface area (Å²) in [6.45, 7) is 8.86. The van der Waals surface area contributed by atoms with Crippen LogP contribution in [0.15, 0.2) is 57.7 Å². The lowest BCUT2D eigenvalue weighted by molar-refractivity contribution is 0.112. The molecule has 0 amide bonds. The van der Waals surface area contributed by atoms with E-state index in [1.807, 2.05) is 31.2 Å². The van der Waals surface area contributed by atoms with Gasteiger partial charge in [-0.15, -0.1) is 0 Å². The van der Waals surface area contributed by atoms with Gasteiger partial charge in [-0.1, -0.05) is 23.7 Å². The predicted octanol–water partition coefficient (Wildman–Crippen LogP) is 4.04. The molecule has 6 nitrogen and oxygen atoms in total. The van der Waals surface area contributed by atoms with E-state index in [2.05, 4.69) is 21.9 Å². The molecule has 0 radical (unpaired) electrons. The molecule has 0 atom stereocenters. The van der Waals surface area contributed by atoms with Crippen LogP contribution >= 0.6 is 11.6 Å². The fraction of sp³-hybridized carbons (Fsp3) is 0.375. The first-order chi connectivity index (χ1) is 15.1. The Bertz CT molecular complexity index is 1060. The van der Waals surface area contributed by atoms with Gasteiger partial charge in [-0.3, -0.25) is 9.80 Å². The van der Waals surface area contributed by atoms with Gasteiger partial charge < -0.3 is 13.9 Å². The third-order valence-electron chi connectivity index (χ3n) is 5.44. The smallest absolute Gasteiger partial charge is 0.339 e. The molecule has 0 bridgehead atoms. The Morgan fingerprint density at radius 1 is 0.968 bits per heavy atom. The van der Waals surface area contributed by atoms with Crippen molar-refractivity contribution in [3.63, 3.8) is 0 Å². The maximum absolute atomic E-state index is 11.8. The van der Waals surface area contributed by atoms with Crippen LogP contribution in [0.4, 0.5) is 0 Å². The molecule has 1 fully saturated rings. The number of hydrogen-bond acceptors (Lipinski definition) is 6. The van der Waals surface area contributed by atoms with Crippen molar-refractivity contribution in [2.45, 2.75) is 13.5 Å². The van der Waals surface area contributed by atoms with Crippen LogP contribution in [0.1, 0.15) is 12.5 Å². The van der Waals surface area contributed by atoms with Gasteiger partial charge >= 0.3 is 5.63 Å². The number of piperazine rings is 1. The molecule has 0 unspecified atom stereocenters. The van der Waals surface area contributed by atoms with Gasteiger partial charge in [0.2, 0.25) is 0 Å². The van der Waals surface area contributed by atoms with E-state index < -0.39 is 5.63 Å². The fourth-order valence-corrected chi connectivity index (χ4v) is 3.92. The summed E-state index contributed by atoms with van der Waals surface area (Å²) < 4.78 is 16.8. The molecule has 0 saturated carbocycles. The topological polar surface area (TPSA) is 55.2 Å². The highest BCUT2D eigenvalue weighted by molar-refractivity contribution is 6.30. The monoisotopic (exact) mass is 442 g/mol. The van der Waals surface area contributed by atoms with Gasteiger partial charge in [0.15, 0.2) is 0 Å². The van der Waals surface area contributed by atoms with Gasteiger partial charge in [0.1, 0.15) is 23.7 Å². The average molecular weight is 443 g/mol. The van der Waals surface area contributed by atoms with Gasteiger partial charge in [-0.05, 0) is 36.8 Å². The van der Waals surface area contributed by atoms with E-state index in [1.165, 1.54) is 11.6 Å². The van der Waals surface area contributed by atoms with Crippen LogP contribution in [0.25, 0.3) is 11.0 Å². The molecule has 0 spiro atoms. The van der Waals surface area contributed by atoms with Crippen LogP contribution in [0, 0.1) is 0 Å². The van der Waals surface area contributed by atoms with Crippen molar-refractivity contribution < 1.29 is 13.9 Å². The zero-order valence-electron chi connectivity index (χ0n) is 17.7. The van der Waals surface area contributed by atoms with E-state index in [0.717, 1.165) is 49.7 Å². The Balaban J connectivity index is 1.25. The van der Waals surface area contributed by atoms with Gasteiger partial charge in [0.05, 0.1) is 18.1 Å². The number of hydrogen-bond donors (Lipinski definition) is 0. The molecule has 31 heavy (non-hydrogen) atoms. The molecule has 1 saturated heterocycles. The predicted molar refractivity (Wildman–Crippen MR) is 122 cm³/mol. The van der Waals surface area contributed by atoms with Crippen LogP contribution < -0.4 is 15.1 Å². The first-order valence-electron chi connectivity index (χ1n) is 10.6. The Labute approximate surface area is 186 Å². The second-order valence-corrected chi connectivity index (χ2v) is 8.05. The Kier molecular flexibility index (Phi) is 7.12. The molecular weight excluding hydrogens is 416 g/mol. The number of fused-ring (bicyclic) bond motifs is 1. The summed E-state index contributed by atoms with van der Waals surface area (Å²) in [6.07, 6.45) is 0. The van der Waals surface area contributed by atoms with E-state index in [9.17, 15) is 4.79 Å². The zero-order valence-corrected chi connectivity index (χ0v) is 18.4. The van der Waals surface area contributed by atoms with Gasteiger partial charge in [-0.25, -0.2) is 4.79 Å². The molecule has 7 heteroatoms. The molecule has 0 N–H and O–H groups in total. The lowest BCUT2D eigenvalue weighted by Crippen LogP contribution is -2.47. The van der Waals surface area contributed by atoms with Crippen molar-refractivity contribution in [1.82, 2.24) is 9.80 Å². The molecule has 1 aromatic heterocycles. The molecule has 0 aliphatic carbocycles. The maximum atomic E-state index is 11.8. The SMILES string of the molecule is CCOc1cc(=O)oc2cc(OCCN3CCN(Cc4ccc(Cl)cc4)CC3)ccc12. The zero-order chi connectivity index (χ0) is 21.6. The van der Waals surface area contributed by atoms with Crippen molar-refractivity contribution in [3.05, 3.63) is 69.5 Å². The summed E-state index contributed by atoms with van der Waals surface area (Å²) in [4.78, 5) is 16.6. The van der Waals surface area contributed by atoms with Crippen molar-refractivity contribution in [2.24, 2.45) is 0 Å². The Hall–Kier alpha value is -2.54. The Morgan fingerprint density at radius 3 is 2.45 bits per heavy atom.